The first-order chi connectivity index (χ1) is 13.6. The van der Waals surface area contributed by atoms with Gasteiger partial charge >= 0.3 is 11.9 Å². The van der Waals surface area contributed by atoms with E-state index in [1.54, 1.807) is 5.38 Å². The minimum atomic E-state index is -0.508. The van der Waals surface area contributed by atoms with Crippen molar-refractivity contribution < 1.29 is 23.9 Å². The van der Waals surface area contributed by atoms with Gasteiger partial charge in [0.1, 0.15) is 5.01 Å². The van der Waals surface area contributed by atoms with Crippen LogP contribution in [0, 0.1) is 0 Å². The van der Waals surface area contributed by atoms with Crippen LogP contribution in [0.25, 0.3) is 10.6 Å². The summed E-state index contributed by atoms with van der Waals surface area (Å²) in [6.07, 6.45) is 1.74. The summed E-state index contributed by atoms with van der Waals surface area (Å²) in [5, 5.41) is 2.97. The molecule has 2 aromatic rings. The van der Waals surface area contributed by atoms with E-state index in [-0.39, 0.29) is 24.0 Å². The van der Waals surface area contributed by atoms with Crippen LogP contribution in [-0.2, 0) is 19.1 Å². The van der Waals surface area contributed by atoms with Crippen LogP contribution >= 0.6 is 23.1 Å². The summed E-state index contributed by atoms with van der Waals surface area (Å²) in [5.41, 5.74) is 1.21. The van der Waals surface area contributed by atoms with Gasteiger partial charge in [-0.3, -0.25) is 4.79 Å². The fraction of sp³-hybridized carbons (Fsp3) is 0.263. The van der Waals surface area contributed by atoms with Crippen LogP contribution in [0.3, 0.4) is 0 Å². The number of ether oxygens (including phenoxy) is 2. The predicted octanol–water partition coefficient (Wildman–Crippen LogP) is 2.95. The normalized spacial score (nSPS) is 15.1. The summed E-state index contributed by atoms with van der Waals surface area (Å²) < 4.78 is 9.85. The van der Waals surface area contributed by atoms with Crippen molar-refractivity contribution in [2.75, 3.05) is 26.0 Å². The lowest BCUT2D eigenvalue weighted by atomic mass is 10.2. The number of hydrogen-bond donors (Lipinski definition) is 0. The Morgan fingerprint density at radius 1 is 1.29 bits per heavy atom. The summed E-state index contributed by atoms with van der Waals surface area (Å²) in [5.74, 6) is -0.806. The number of aromatic nitrogens is 1. The van der Waals surface area contributed by atoms with Gasteiger partial charge in [-0.1, -0.05) is 42.1 Å². The Kier molecular flexibility index (Phi) is 6.83. The molecule has 2 heterocycles. The molecule has 1 saturated heterocycles. The van der Waals surface area contributed by atoms with Crippen molar-refractivity contribution in [3.05, 3.63) is 52.5 Å². The van der Waals surface area contributed by atoms with Crippen molar-refractivity contribution in [1.29, 1.82) is 0 Å². The van der Waals surface area contributed by atoms with Crippen LogP contribution < -0.4 is 0 Å². The molecule has 0 radical (unpaired) electrons. The van der Waals surface area contributed by atoms with Crippen molar-refractivity contribution in [2.24, 2.45) is 0 Å². The maximum atomic E-state index is 12.2. The monoisotopic (exact) mass is 418 g/mol. The molecule has 7 nitrogen and oxygen atoms in total. The Bertz CT molecular complexity index is 895. The molecule has 0 bridgehead atoms. The van der Waals surface area contributed by atoms with Gasteiger partial charge < -0.3 is 14.4 Å². The average molecular weight is 418 g/mol. The average Bonchev–Trinajstić information content (AvgIpc) is 3.34. The van der Waals surface area contributed by atoms with E-state index in [0.29, 0.717) is 18.0 Å². The highest BCUT2D eigenvalue weighted by molar-refractivity contribution is 8.04. The SMILES string of the molecule is COC(=O)/C=C1/SCC(=O)N1CCCOC(=O)c1csc(-c2ccccc2)n1. The molecule has 3 rings (SSSR count). The van der Waals surface area contributed by atoms with E-state index in [2.05, 4.69) is 9.72 Å². The van der Waals surface area contributed by atoms with Crippen LogP contribution in [-0.4, -0.2) is 53.7 Å². The first-order valence-corrected chi connectivity index (χ1v) is 10.4. The smallest absolute Gasteiger partial charge is 0.357 e. The van der Waals surface area contributed by atoms with Crippen LogP contribution in [0.5, 0.6) is 0 Å². The lowest BCUT2D eigenvalue weighted by molar-refractivity contribution is -0.134. The summed E-state index contributed by atoms with van der Waals surface area (Å²) in [7, 11) is 1.28. The molecule has 1 aromatic carbocycles. The molecule has 1 aliphatic heterocycles. The number of thiazole rings is 1. The number of methoxy groups -OCH3 is 1. The molecule has 1 aliphatic rings. The van der Waals surface area contributed by atoms with E-state index in [0.717, 1.165) is 10.6 Å². The molecule has 1 aromatic heterocycles. The fourth-order valence-electron chi connectivity index (χ4n) is 2.47. The number of carbonyl (C=O) groups is 3. The first-order valence-electron chi connectivity index (χ1n) is 8.49. The molecule has 0 spiro atoms. The summed E-state index contributed by atoms with van der Waals surface area (Å²) >= 11 is 2.66. The van der Waals surface area contributed by atoms with E-state index >= 15 is 0 Å². The van der Waals surface area contributed by atoms with Crippen LogP contribution in [0.2, 0.25) is 0 Å². The molecule has 0 unspecified atom stereocenters. The summed E-state index contributed by atoms with van der Waals surface area (Å²) in [6, 6.07) is 9.60. The number of amides is 1. The number of benzene rings is 1. The van der Waals surface area contributed by atoms with Crippen molar-refractivity contribution in [3.63, 3.8) is 0 Å². The molecule has 146 valence electrons. The van der Waals surface area contributed by atoms with E-state index in [1.807, 2.05) is 30.3 Å². The van der Waals surface area contributed by atoms with Gasteiger partial charge in [-0.25, -0.2) is 14.6 Å². The fourth-order valence-corrected chi connectivity index (χ4v) is 4.22. The Morgan fingerprint density at radius 3 is 2.82 bits per heavy atom. The van der Waals surface area contributed by atoms with E-state index in [9.17, 15) is 14.4 Å². The van der Waals surface area contributed by atoms with E-state index in [1.165, 1.54) is 41.2 Å². The topological polar surface area (TPSA) is 85.8 Å². The Balaban J connectivity index is 1.49. The quantitative estimate of drug-likeness (QED) is 0.388. The van der Waals surface area contributed by atoms with Gasteiger partial charge in [-0.05, 0) is 6.42 Å². The van der Waals surface area contributed by atoms with E-state index < -0.39 is 11.9 Å². The van der Waals surface area contributed by atoms with Gasteiger partial charge in [0.15, 0.2) is 5.69 Å². The Labute approximate surface area is 170 Å². The van der Waals surface area contributed by atoms with Crippen molar-refractivity contribution in [3.8, 4) is 10.6 Å². The minimum absolute atomic E-state index is 0.0847. The number of nitrogens with zero attached hydrogens (tertiary/aromatic N) is 2. The van der Waals surface area contributed by atoms with Gasteiger partial charge in [0, 0.05) is 17.5 Å². The highest BCUT2D eigenvalue weighted by Gasteiger charge is 2.27. The molecule has 0 N–H and O–H groups in total. The van der Waals surface area contributed by atoms with Gasteiger partial charge in [-0.2, -0.15) is 0 Å². The van der Waals surface area contributed by atoms with Crippen LogP contribution in [0.4, 0.5) is 0 Å². The summed E-state index contributed by atoms with van der Waals surface area (Å²) in [4.78, 5) is 41.3. The number of hydrogen-bond acceptors (Lipinski definition) is 8. The first kappa shape index (κ1) is 20.1. The maximum Gasteiger partial charge on any atom is 0.357 e. The molecular formula is C19H18N2O5S2. The van der Waals surface area contributed by atoms with Crippen molar-refractivity contribution in [1.82, 2.24) is 9.88 Å². The zero-order valence-electron chi connectivity index (χ0n) is 15.1. The Hall–Kier alpha value is -2.65. The molecule has 0 aliphatic carbocycles. The molecule has 28 heavy (non-hydrogen) atoms. The van der Waals surface area contributed by atoms with Crippen molar-refractivity contribution in [2.45, 2.75) is 6.42 Å². The second kappa shape index (κ2) is 9.52. The Morgan fingerprint density at radius 2 is 2.07 bits per heavy atom. The molecule has 0 saturated carbocycles. The third-order valence-electron chi connectivity index (χ3n) is 3.85. The van der Waals surface area contributed by atoms with Crippen LogP contribution in [0.1, 0.15) is 16.9 Å². The second-order valence-electron chi connectivity index (χ2n) is 5.73. The maximum absolute atomic E-state index is 12.2. The molecular weight excluding hydrogens is 400 g/mol. The number of thioether (sulfide) groups is 1. The largest absolute Gasteiger partial charge is 0.466 e. The van der Waals surface area contributed by atoms with Crippen molar-refractivity contribution >= 4 is 40.9 Å². The highest BCUT2D eigenvalue weighted by Crippen LogP contribution is 2.29. The lowest BCUT2D eigenvalue weighted by Crippen LogP contribution is -2.27. The predicted molar refractivity (Wildman–Crippen MR) is 107 cm³/mol. The highest BCUT2D eigenvalue weighted by atomic mass is 32.2. The molecule has 9 heteroatoms. The number of rotatable bonds is 7. The minimum Gasteiger partial charge on any atom is -0.466 e. The van der Waals surface area contributed by atoms with Gasteiger partial charge in [-0.15, -0.1) is 11.3 Å². The zero-order chi connectivity index (χ0) is 19.9. The second-order valence-corrected chi connectivity index (χ2v) is 7.59. The third kappa shape index (κ3) is 4.99. The third-order valence-corrected chi connectivity index (χ3v) is 5.76. The molecule has 1 amide bonds. The molecule has 1 fully saturated rings. The van der Waals surface area contributed by atoms with Gasteiger partial charge in [0.2, 0.25) is 5.91 Å². The van der Waals surface area contributed by atoms with Gasteiger partial charge in [0.05, 0.1) is 30.6 Å². The standard InChI is InChI=1S/C19H18N2O5S2/c1-25-17(23)10-16-21(15(22)12-27-16)8-5-9-26-19(24)14-11-28-18(20-14)13-6-3-2-4-7-13/h2-4,6-7,10-11H,5,8-9,12H2,1H3/b16-10+. The number of esters is 2. The number of carbonyl (C=O) groups excluding carboxylic acids is 3. The summed E-state index contributed by atoms with van der Waals surface area (Å²) in [6.45, 7) is 0.505. The van der Waals surface area contributed by atoms with Gasteiger partial charge in [0.25, 0.3) is 0 Å². The zero-order valence-corrected chi connectivity index (χ0v) is 16.8. The van der Waals surface area contributed by atoms with E-state index in [4.69, 9.17) is 4.74 Å². The lowest BCUT2D eigenvalue weighted by Gasteiger charge is -2.16. The van der Waals surface area contributed by atoms with Crippen LogP contribution in [0.15, 0.2) is 46.8 Å². The molecule has 0 atom stereocenters.